The minimum Gasteiger partial charge on any atom is -0.495 e. The molecule has 106 valence electrons. The second kappa shape index (κ2) is 6.67. The zero-order chi connectivity index (χ0) is 14.5. The molecular formula is C14H17BrN4O. The van der Waals surface area contributed by atoms with Gasteiger partial charge in [-0.2, -0.15) is 0 Å². The molecule has 2 rings (SSSR count). The van der Waals surface area contributed by atoms with Crippen LogP contribution < -0.4 is 15.0 Å². The van der Waals surface area contributed by atoms with Gasteiger partial charge >= 0.3 is 0 Å². The molecule has 0 saturated carbocycles. The summed E-state index contributed by atoms with van der Waals surface area (Å²) >= 11 is 3.48. The van der Waals surface area contributed by atoms with Crippen molar-refractivity contribution >= 4 is 27.4 Å². The number of aromatic nitrogens is 2. The molecule has 0 amide bonds. The summed E-state index contributed by atoms with van der Waals surface area (Å²) in [5, 5.41) is 3.05. The highest BCUT2D eigenvalue weighted by molar-refractivity contribution is 9.10. The third kappa shape index (κ3) is 3.26. The van der Waals surface area contributed by atoms with Crippen molar-refractivity contribution in [2.45, 2.75) is 6.54 Å². The Labute approximate surface area is 127 Å². The Kier molecular flexibility index (Phi) is 4.92. The summed E-state index contributed by atoms with van der Waals surface area (Å²) in [7, 11) is 5.49. The third-order valence-corrected chi connectivity index (χ3v) is 3.36. The number of nitrogens with one attached hydrogen (secondary N) is 1. The highest BCUT2D eigenvalue weighted by Gasteiger charge is 2.12. The first kappa shape index (κ1) is 14.7. The van der Waals surface area contributed by atoms with Crippen molar-refractivity contribution in [1.82, 2.24) is 15.3 Å². The highest BCUT2D eigenvalue weighted by atomic mass is 79.9. The van der Waals surface area contributed by atoms with Crippen LogP contribution >= 0.6 is 15.9 Å². The second-order valence-corrected chi connectivity index (χ2v) is 5.15. The fourth-order valence-electron chi connectivity index (χ4n) is 1.87. The number of nitrogens with zero attached hydrogens (tertiary/aromatic N) is 3. The smallest absolute Gasteiger partial charge is 0.144 e. The van der Waals surface area contributed by atoms with Crippen molar-refractivity contribution in [2.75, 3.05) is 26.1 Å². The van der Waals surface area contributed by atoms with Crippen molar-refractivity contribution in [3.63, 3.8) is 0 Å². The van der Waals surface area contributed by atoms with Gasteiger partial charge in [0.2, 0.25) is 0 Å². The summed E-state index contributed by atoms with van der Waals surface area (Å²) in [6.45, 7) is 0.636. The third-order valence-electron chi connectivity index (χ3n) is 2.87. The van der Waals surface area contributed by atoms with Crippen LogP contribution in [-0.2, 0) is 6.54 Å². The van der Waals surface area contributed by atoms with Crippen LogP contribution in [0, 0.1) is 0 Å². The largest absolute Gasteiger partial charge is 0.495 e. The molecule has 0 unspecified atom stereocenters. The molecule has 0 aliphatic heterocycles. The number of anilines is 2. The molecule has 0 radical (unpaired) electrons. The van der Waals surface area contributed by atoms with Gasteiger partial charge in [-0.05, 0) is 31.3 Å². The molecule has 2 aromatic rings. The van der Waals surface area contributed by atoms with Crippen molar-refractivity contribution in [2.24, 2.45) is 0 Å². The molecule has 0 fully saturated rings. The van der Waals surface area contributed by atoms with E-state index in [1.165, 1.54) is 0 Å². The zero-order valence-electron chi connectivity index (χ0n) is 11.7. The Hall–Kier alpha value is -1.66. The number of benzene rings is 1. The molecule has 1 N–H and O–H groups in total. The molecule has 5 nitrogen and oxygen atoms in total. The van der Waals surface area contributed by atoms with Gasteiger partial charge in [0.1, 0.15) is 17.4 Å². The lowest BCUT2D eigenvalue weighted by Gasteiger charge is -2.21. The summed E-state index contributed by atoms with van der Waals surface area (Å²) in [5.41, 5.74) is 0.941. The number of halogens is 1. The monoisotopic (exact) mass is 336 g/mol. The molecule has 20 heavy (non-hydrogen) atoms. The molecule has 1 aromatic heterocycles. The van der Waals surface area contributed by atoms with Crippen LogP contribution in [0.1, 0.15) is 5.82 Å². The quantitative estimate of drug-likeness (QED) is 0.909. The van der Waals surface area contributed by atoms with E-state index >= 15 is 0 Å². The summed E-state index contributed by atoms with van der Waals surface area (Å²) in [5.74, 6) is 2.37. The maximum atomic E-state index is 5.40. The first-order valence-corrected chi connectivity index (χ1v) is 6.98. The van der Waals surface area contributed by atoms with Gasteiger partial charge in [0.25, 0.3) is 0 Å². The van der Waals surface area contributed by atoms with Crippen molar-refractivity contribution in [1.29, 1.82) is 0 Å². The van der Waals surface area contributed by atoms with Crippen LogP contribution in [0.2, 0.25) is 0 Å². The average molecular weight is 337 g/mol. The lowest BCUT2D eigenvalue weighted by atomic mass is 10.2. The van der Waals surface area contributed by atoms with E-state index in [-0.39, 0.29) is 0 Å². The molecule has 0 saturated heterocycles. The molecule has 1 heterocycles. The molecule has 1 aromatic carbocycles. The lowest BCUT2D eigenvalue weighted by molar-refractivity contribution is 0.415. The SMILES string of the molecule is CNCc1nccc(N(C)c2cc(Br)ccc2OC)n1. The minimum atomic E-state index is 0.636. The van der Waals surface area contributed by atoms with Gasteiger partial charge in [0.15, 0.2) is 0 Å². The van der Waals surface area contributed by atoms with E-state index in [1.54, 1.807) is 13.3 Å². The van der Waals surface area contributed by atoms with Gasteiger partial charge in [0.05, 0.1) is 19.3 Å². The maximum Gasteiger partial charge on any atom is 0.144 e. The Bertz CT molecular complexity index is 591. The van der Waals surface area contributed by atoms with Crippen molar-refractivity contribution in [3.8, 4) is 5.75 Å². The van der Waals surface area contributed by atoms with Gasteiger partial charge in [-0.25, -0.2) is 9.97 Å². The zero-order valence-corrected chi connectivity index (χ0v) is 13.3. The minimum absolute atomic E-state index is 0.636. The van der Waals surface area contributed by atoms with E-state index in [0.29, 0.717) is 6.54 Å². The Balaban J connectivity index is 2.37. The normalized spacial score (nSPS) is 10.4. The van der Waals surface area contributed by atoms with Crippen molar-refractivity contribution in [3.05, 3.63) is 40.8 Å². The van der Waals surface area contributed by atoms with Crippen molar-refractivity contribution < 1.29 is 4.74 Å². The molecule has 0 spiro atoms. The Morgan fingerprint density at radius 2 is 2.15 bits per heavy atom. The summed E-state index contributed by atoms with van der Waals surface area (Å²) in [6, 6.07) is 7.74. The summed E-state index contributed by atoms with van der Waals surface area (Å²) in [6.07, 6.45) is 1.76. The molecular weight excluding hydrogens is 320 g/mol. The van der Waals surface area contributed by atoms with Gasteiger partial charge in [-0.3, -0.25) is 0 Å². The first-order valence-electron chi connectivity index (χ1n) is 6.19. The number of ether oxygens (including phenoxy) is 1. The van der Waals surface area contributed by atoms with Gasteiger partial charge in [-0.1, -0.05) is 15.9 Å². The van der Waals surface area contributed by atoms with Crippen LogP contribution in [0.4, 0.5) is 11.5 Å². The van der Waals surface area contributed by atoms with E-state index in [4.69, 9.17) is 4.74 Å². The number of hydrogen-bond acceptors (Lipinski definition) is 5. The van der Waals surface area contributed by atoms with E-state index in [0.717, 1.165) is 27.6 Å². The predicted molar refractivity (Wildman–Crippen MR) is 83.6 cm³/mol. The molecule has 0 bridgehead atoms. The number of rotatable bonds is 5. The molecule has 0 aliphatic carbocycles. The van der Waals surface area contributed by atoms with E-state index in [1.807, 2.05) is 43.3 Å². The Morgan fingerprint density at radius 1 is 1.35 bits per heavy atom. The van der Waals surface area contributed by atoms with Crippen LogP contribution in [0.25, 0.3) is 0 Å². The van der Waals surface area contributed by atoms with Crippen LogP contribution in [0.5, 0.6) is 5.75 Å². The topological polar surface area (TPSA) is 50.3 Å². The Morgan fingerprint density at radius 3 is 2.85 bits per heavy atom. The van der Waals surface area contributed by atoms with Gasteiger partial charge < -0.3 is 15.0 Å². The maximum absolute atomic E-state index is 5.40. The molecule has 0 aliphatic rings. The summed E-state index contributed by atoms with van der Waals surface area (Å²) < 4.78 is 6.39. The van der Waals surface area contributed by atoms with Crippen LogP contribution in [0.3, 0.4) is 0 Å². The van der Waals surface area contributed by atoms with E-state index < -0.39 is 0 Å². The molecule has 0 atom stereocenters. The fourth-order valence-corrected chi connectivity index (χ4v) is 2.22. The van der Waals surface area contributed by atoms with Gasteiger partial charge in [-0.15, -0.1) is 0 Å². The average Bonchev–Trinajstić information content (AvgIpc) is 2.47. The van der Waals surface area contributed by atoms with Crippen LogP contribution in [0.15, 0.2) is 34.9 Å². The first-order chi connectivity index (χ1) is 9.65. The number of hydrogen-bond donors (Lipinski definition) is 1. The lowest BCUT2D eigenvalue weighted by Crippen LogP contribution is -2.15. The van der Waals surface area contributed by atoms with E-state index in [9.17, 15) is 0 Å². The standard InChI is InChI=1S/C14H17BrN4O/c1-16-9-13-17-7-6-14(18-13)19(2)11-8-10(15)4-5-12(11)20-3/h4-8,16H,9H2,1-3H3. The molecule has 6 heteroatoms. The van der Waals surface area contributed by atoms with Gasteiger partial charge in [0, 0.05) is 17.7 Å². The number of methoxy groups -OCH3 is 1. The summed E-state index contributed by atoms with van der Waals surface area (Å²) in [4.78, 5) is 10.7. The highest BCUT2D eigenvalue weighted by Crippen LogP contribution is 2.33. The fraction of sp³-hybridized carbons (Fsp3) is 0.286. The predicted octanol–water partition coefficient (Wildman–Crippen LogP) is 2.74. The second-order valence-electron chi connectivity index (χ2n) is 4.24. The van der Waals surface area contributed by atoms with E-state index in [2.05, 4.69) is 31.2 Å². The van der Waals surface area contributed by atoms with Crippen LogP contribution in [-0.4, -0.2) is 31.2 Å².